The lowest BCUT2D eigenvalue weighted by Gasteiger charge is -2.24. The monoisotopic (exact) mass is 343 g/mol. The van der Waals surface area contributed by atoms with Crippen LogP contribution >= 0.6 is 11.6 Å². The summed E-state index contributed by atoms with van der Waals surface area (Å²) in [7, 11) is 0. The van der Waals surface area contributed by atoms with Crippen molar-refractivity contribution in [3.05, 3.63) is 46.6 Å². The van der Waals surface area contributed by atoms with Crippen LogP contribution in [0, 0.1) is 5.41 Å². The molecule has 24 heavy (non-hydrogen) atoms. The molecule has 3 rings (SSSR count). The zero-order chi connectivity index (χ0) is 17.5. The Balaban J connectivity index is 1.90. The number of aromatic nitrogens is 1. The molecule has 2 aromatic rings. The lowest BCUT2D eigenvalue weighted by Crippen LogP contribution is -2.25. The molecule has 0 unspecified atom stereocenters. The first-order valence-corrected chi connectivity index (χ1v) is 8.66. The van der Waals surface area contributed by atoms with E-state index in [-0.39, 0.29) is 22.9 Å². The van der Waals surface area contributed by atoms with Crippen LogP contribution in [-0.4, -0.2) is 16.6 Å². The molecule has 0 aliphatic heterocycles. The van der Waals surface area contributed by atoms with Gasteiger partial charge in [0.15, 0.2) is 11.6 Å². The molecule has 1 aliphatic rings. The summed E-state index contributed by atoms with van der Waals surface area (Å²) in [6, 6.07) is 5.85. The number of H-pyrrole nitrogens is 1. The van der Waals surface area contributed by atoms with Crippen LogP contribution in [0.25, 0.3) is 10.9 Å². The first kappa shape index (κ1) is 17.0. The average molecular weight is 344 g/mol. The fourth-order valence-corrected chi connectivity index (χ4v) is 3.53. The van der Waals surface area contributed by atoms with E-state index in [4.69, 9.17) is 11.6 Å². The number of Topliss-reactive ketones (excluding diaryl/α,β-unsaturated/α-hetero) is 2. The van der Waals surface area contributed by atoms with Gasteiger partial charge in [0.2, 0.25) is 0 Å². The van der Waals surface area contributed by atoms with E-state index in [1.165, 1.54) is 0 Å². The Hall–Kier alpha value is -1.87. The Morgan fingerprint density at radius 2 is 1.88 bits per heavy atom. The van der Waals surface area contributed by atoms with Crippen molar-refractivity contribution in [1.82, 2.24) is 4.98 Å². The highest BCUT2D eigenvalue weighted by Crippen LogP contribution is 2.38. The maximum atomic E-state index is 12.5. The molecule has 0 spiro atoms. The molecule has 1 heterocycles. The largest absolute Gasteiger partial charge is 0.360 e. The second-order valence-corrected chi connectivity index (χ2v) is 8.15. The summed E-state index contributed by atoms with van der Waals surface area (Å²) in [4.78, 5) is 28.2. The Morgan fingerprint density at radius 1 is 1.21 bits per heavy atom. The Labute approximate surface area is 147 Å². The van der Waals surface area contributed by atoms with Gasteiger partial charge in [-0.15, -0.1) is 0 Å². The molecule has 0 bridgehead atoms. The molecule has 1 fully saturated rings. The van der Waals surface area contributed by atoms with Crippen molar-refractivity contribution in [2.45, 2.75) is 46.0 Å². The van der Waals surface area contributed by atoms with Crippen molar-refractivity contribution in [1.29, 1.82) is 0 Å². The van der Waals surface area contributed by atoms with Gasteiger partial charge in [-0.05, 0) is 29.4 Å². The molecule has 1 aromatic carbocycles. The Morgan fingerprint density at radius 3 is 2.50 bits per heavy atom. The van der Waals surface area contributed by atoms with Gasteiger partial charge in [-0.25, -0.2) is 0 Å². The number of hydrogen-bond donors (Lipinski definition) is 1. The van der Waals surface area contributed by atoms with Gasteiger partial charge < -0.3 is 4.98 Å². The third-order valence-corrected chi connectivity index (χ3v) is 4.81. The van der Waals surface area contributed by atoms with Crippen molar-refractivity contribution in [2.75, 3.05) is 0 Å². The lowest BCUT2D eigenvalue weighted by molar-refractivity contribution is -0.124. The van der Waals surface area contributed by atoms with E-state index in [0.29, 0.717) is 23.4 Å². The maximum absolute atomic E-state index is 12.5. The third-order valence-electron chi connectivity index (χ3n) is 4.51. The fraction of sp³-hybridized carbons (Fsp3) is 0.400. The predicted octanol–water partition coefficient (Wildman–Crippen LogP) is 5.20. The zero-order valence-electron chi connectivity index (χ0n) is 14.3. The summed E-state index contributed by atoms with van der Waals surface area (Å²) in [5.41, 5.74) is 2.37. The fourth-order valence-electron chi connectivity index (χ4n) is 3.26. The molecule has 0 radical (unpaired) electrons. The van der Waals surface area contributed by atoms with Crippen molar-refractivity contribution < 1.29 is 9.59 Å². The van der Waals surface area contributed by atoms with E-state index >= 15 is 0 Å². The third kappa shape index (κ3) is 3.32. The molecule has 0 saturated heterocycles. The molecular weight excluding hydrogens is 322 g/mol. The molecule has 4 heteroatoms. The number of fused-ring (bicyclic) bond motifs is 1. The van der Waals surface area contributed by atoms with Crippen LogP contribution in [0.3, 0.4) is 0 Å². The van der Waals surface area contributed by atoms with E-state index in [0.717, 1.165) is 22.9 Å². The van der Waals surface area contributed by atoms with Crippen molar-refractivity contribution in [2.24, 2.45) is 5.41 Å². The number of allylic oxidation sites excluding steroid dienone is 2. The summed E-state index contributed by atoms with van der Waals surface area (Å²) >= 11 is 6.29. The molecule has 1 N–H and O–H groups in total. The minimum atomic E-state index is -0.103. The summed E-state index contributed by atoms with van der Waals surface area (Å²) in [5.74, 6) is -0.206. The average Bonchev–Trinajstić information content (AvgIpc) is 2.87. The van der Waals surface area contributed by atoms with Crippen LogP contribution in [0.2, 0.25) is 5.02 Å². The molecule has 1 saturated carbocycles. The van der Waals surface area contributed by atoms with Crippen LogP contribution in [0.5, 0.6) is 0 Å². The highest BCUT2D eigenvalue weighted by molar-refractivity contribution is 6.36. The van der Waals surface area contributed by atoms with Crippen molar-refractivity contribution >= 4 is 34.1 Å². The molecule has 0 atom stereocenters. The van der Waals surface area contributed by atoms with E-state index in [1.54, 1.807) is 6.20 Å². The van der Waals surface area contributed by atoms with Gasteiger partial charge in [0.25, 0.3) is 0 Å². The summed E-state index contributed by atoms with van der Waals surface area (Å²) < 4.78 is 0. The highest BCUT2D eigenvalue weighted by atomic mass is 35.5. The number of carbonyl (C=O) groups is 2. The molecule has 126 valence electrons. The smallest absolute Gasteiger partial charge is 0.166 e. The van der Waals surface area contributed by atoms with Crippen LogP contribution in [0.1, 0.15) is 51.5 Å². The van der Waals surface area contributed by atoms with Gasteiger partial charge >= 0.3 is 0 Å². The van der Waals surface area contributed by atoms with Gasteiger partial charge in [-0.3, -0.25) is 9.59 Å². The van der Waals surface area contributed by atoms with Crippen LogP contribution < -0.4 is 0 Å². The van der Waals surface area contributed by atoms with Crippen LogP contribution in [0.15, 0.2) is 36.0 Å². The molecule has 0 amide bonds. The quantitative estimate of drug-likeness (QED) is 0.601. The normalized spacial score (nSPS) is 19.2. The lowest BCUT2D eigenvalue weighted by atomic mass is 9.78. The van der Waals surface area contributed by atoms with Crippen LogP contribution in [-0.2, 0) is 9.59 Å². The first-order valence-electron chi connectivity index (χ1n) is 8.28. The predicted molar refractivity (Wildman–Crippen MR) is 97.5 cm³/mol. The maximum Gasteiger partial charge on any atom is 0.166 e. The first-order chi connectivity index (χ1) is 11.3. The molecule has 1 aromatic heterocycles. The van der Waals surface area contributed by atoms with Gasteiger partial charge in [-0.1, -0.05) is 50.6 Å². The Bertz CT molecular complexity index is 819. The zero-order valence-corrected chi connectivity index (χ0v) is 15.0. The van der Waals surface area contributed by atoms with Gasteiger partial charge in [0, 0.05) is 29.9 Å². The molecule has 3 nitrogen and oxygen atoms in total. The van der Waals surface area contributed by atoms with E-state index in [2.05, 4.69) is 25.8 Å². The standard InChI is InChI=1S/C20H22ClNO2/c1-20(2,3)8-7-14-17(23)9-12(10-18(14)24)13-5-4-6-16-19(13)15(21)11-22-16/h4-7,11-12,22H,8-10H2,1-3H3. The van der Waals surface area contributed by atoms with Crippen molar-refractivity contribution in [3.63, 3.8) is 0 Å². The topological polar surface area (TPSA) is 49.9 Å². The molecule has 1 aliphatic carbocycles. The van der Waals surface area contributed by atoms with Crippen molar-refractivity contribution in [3.8, 4) is 0 Å². The minimum Gasteiger partial charge on any atom is -0.360 e. The summed E-state index contributed by atoms with van der Waals surface area (Å²) in [6.45, 7) is 6.29. The number of benzene rings is 1. The summed E-state index contributed by atoms with van der Waals surface area (Å²) in [5, 5.41) is 1.56. The number of halogens is 1. The van der Waals surface area contributed by atoms with Gasteiger partial charge in [0.1, 0.15) is 0 Å². The van der Waals surface area contributed by atoms with Crippen LogP contribution in [0.4, 0.5) is 0 Å². The number of rotatable bonds is 2. The SMILES string of the molecule is CC(C)(C)CC=C1C(=O)CC(c2cccc3[nH]cc(Cl)c23)CC1=O. The second kappa shape index (κ2) is 6.21. The minimum absolute atomic E-state index is 0.0517. The van der Waals surface area contributed by atoms with E-state index in [9.17, 15) is 9.59 Å². The van der Waals surface area contributed by atoms with Gasteiger partial charge in [-0.2, -0.15) is 0 Å². The number of ketones is 2. The second-order valence-electron chi connectivity index (χ2n) is 7.74. The number of aromatic amines is 1. The number of nitrogens with one attached hydrogen (secondary N) is 1. The molecular formula is C20H22ClNO2. The Kier molecular flexibility index (Phi) is 4.39. The number of carbonyl (C=O) groups excluding carboxylic acids is 2. The number of hydrogen-bond acceptors (Lipinski definition) is 2. The highest BCUT2D eigenvalue weighted by Gasteiger charge is 2.32. The summed E-state index contributed by atoms with van der Waals surface area (Å²) in [6.07, 6.45) is 5.02. The van der Waals surface area contributed by atoms with E-state index < -0.39 is 0 Å². The van der Waals surface area contributed by atoms with E-state index in [1.807, 2.05) is 24.3 Å². The van der Waals surface area contributed by atoms with Gasteiger partial charge in [0.05, 0.1) is 10.6 Å².